The monoisotopic (exact) mass is 375 g/mol. The molecule has 3 aromatic rings. The lowest BCUT2D eigenvalue weighted by atomic mass is 10.2. The van der Waals surface area contributed by atoms with E-state index in [1.165, 1.54) is 0 Å². The minimum atomic E-state index is -0.230. The molecule has 0 aromatic carbocycles. The molecule has 1 unspecified atom stereocenters. The average Bonchev–Trinajstić information content (AvgIpc) is 3.32. The van der Waals surface area contributed by atoms with E-state index in [-0.39, 0.29) is 11.9 Å². The van der Waals surface area contributed by atoms with E-state index >= 15 is 0 Å². The molecule has 3 rings (SSSR count). The van der Waals surface area contributed by atoms with Crippen molar-refractivity contribution in [3.05, 3.63) is 52.3 Å². The van der Waals surface area contributed by atoms with Crippen molar-refractivity contribution in [1.29, 1.82) is 0 Å². The lowest BCUT2D eigenvalue weighted by Gasteiger charge is -2.14. The molecular formula is C17H22ClN7O. The molecular weight excluding hydrogens is 354 g/mol. The second-order valence-corrected chi connectivity index (χ2v) is 6.51. The predicted octanol–water partition coefficient (Wildman–Crippen LogP) is 2.56. The van der Waals surface area contributed by atoms with Gasteiger partial charge in [0.15, 0.2) is 0 Å². The molecule has 0 spiro atoms. The molecule has 1 amide bonds. The van der Waals surface area contributed by atoms with E-state index in [0.717, 1.165) is 23.6 Å². The lowest BCUT2D eigenvalue weighted by Crippen LogP contribution is -2.28. The number of aryl methyl sites for hydroxylation is 2. The van der Waals surface area contributed by atoms with E-state index in [9.17, 15) is 4.79 Å². The van der Waals surface area contributed by atoms with Gasteiger partial charge in [0.25, 0.3) is 5.91 Å². The van der Waals surface area contributed by atoms with Crippen molar-refractivity contribution < 1.29 is 4.79 Å². The number of nitrogens with zero attached hydrogens (tertiary/aromatic N) is 6. The molecule has 3 heterocycles. The molecule has 0 saturated heterocycles. The SMILES string of the molecule is CCn1nccc1C(C)NC(=O)c1ccn(Cn2nc(C)c(Cl)c2C)n1. The van der Waals surface area contributed by atoms with Crippen molar-refractivity contribution in [3.8, 4) is 0 Å². The van der Waals surface area contributed by atoms with Gasteiger partial charge in [0, 0.05) is 18.9 Å². The molecule has 0 radical (unpaired) electrons. The molecule has 9 heteroatoms. The summed E-state index contributed by atoms with van der Waals surface area (Å²) in [5.74, 6) is -0.230. The van der Waals surface area contributed by atoms with Crippen LogP contribution in [0.1, 0.15) is 47.5 Å². The standard InChI is InChI=1S/C17H22ClN7O/c1-5-24-15(6-8-19-24)11(2)20-17(26)14-7-9-23(22-14)10-25-13(4)16(18)12(3)21-25/h6-9,11H,5,10H2,1-4H3,(H,20,26). The zero-order valence-corrected chi connectivity index (χ0v) is 16.0. The van der Waals surface area contributed by atoms with Crippen LogP contribution in [0.5, 0.6) is 0 Å². The molecule has 8 nitrogen and oxygen atoms in total. The number of carbonyl (C=O) groups excluding carboxylic acids is 1. The highest BCUT2D eigenvalue weighted by Crippen LogP contribution is 2.19. The first-order valence-corrected chi connectivity index (χ1v) is 8.84. The summed E-state index contributed by atoms with van der Waals surface area (Å²) in [4.78, 5) is 12.5. The van der Waals surface area contributed by atoms with Crippen LogP contribution in [-0.4, -0.2) is 35.2 Å². The first kappa shape index (κ1) is 18.2. The topological polar surface area (TPSA) is 82.6 Å². The highest BCUT2D eigenvalue weighted by molar-refractivity contribution is 6.31. The molecule has 0 aliphatic carbocycles. The summed E-state index contributed by atoms with van der Waals surface area (Å²) in [5, 5.41) is 16.5. The van der Waals surface area contributed by atoms with Gasteiger partial charge in [0.2, 0.25) is 0 Å². The van der Waals surface area contributed by atoms with Gasteiger partial charge >= 0.3 is 0 Å². The number of aromatic nitrogens is 6. The van der Waals surface area contributed by atoms with Crippen molar-refractivity contribution in [2.24, 2.45) is 0 Å². The maximum absolute atomic E-state index is 12.5. The van der Waals surface area contributed by atoms with Crippen LogP contribution in [0.3, 0.4) is 0 Å². The Bertz CT molecular complexity index is 924. The van der Waals surface area contributed by atoms with Gasteiger partial charge < -0.3 is 5.32 Å². The van der Waals surface area contributed by atoms with Crippen LogP contribution in [0.4, 0.5) is 0 Å². The van der Waals surface area contributed by atoms with Gasteiger partial charge in [-0.1, -0.05) is 11.6 Å². The van der Waals surface area contributed by atoms with Crippen LogP contribution in [0.15, 0.2) is 24.5 Å². The van der Waals surface area contributed by atoms with Gasteiger partial charge in [-0.15, -0.1) is 0 Å². The smallest absolute Gasteiger partial charge is 0.272 e. The fraction of sp³-hybridized carbons (Fsp3) is 0.412. The number of nitrogens with one attached hydrogen (secondary N) is 1. The van der Waals surface area contributed by atoms with E-state index < -0.39 is 0 Å². The Hall–Kier alpha value is -2.61. The summed E-state index contributed by atoms with van der Waals surface area (Å²) in [6.07, 6.45) is 3.48. The van der Waals surface area contributed by atoms with Crippen molar-refractivity contribution in [2.45, 2.75) is 47.0 Å². The van der Waals surface area contributed by atoms with Gasteiger partial charge in [-0.25, -0.2) is 4.68 Å². The Kier molecular flexibility index (Phi) is 5.13. The zero-order chi connectivity index (χ0) is 18.8. The van der Waals surface area contributed by atoms with Gasteiger partial charge in [-0.2, -0.15) is 15.3 Å². The summed E-state index contributed by atoms with van der Waals surface area (Å²) in [6.45, 7) is 8.84. The van der Waals surface area contributed by atoms with Crippen LogP contribution < -0.4 is 5.32 Å². The van der Waals surface area contributed by atoms with Gasteiger partial charge in [-0.3, -0.25) is 14.2 Å². The third-order valence-corrected chi connectivity index (χ3v) is 4.83. The maximum atomic E-state index is 12.5. The second-order valence-electron chi connectivity index (χ2n) is 6.13. The molecule has 26 heavy (non-hydrogen) atoms. The van der Waals surface area contributed by atoms with Crippen molar-refractivity contribution in [1.82, 2.24) is 34.7 Å². The largest absolute Gasteiger partial charge is 0.343 e. The lowest BCUT2D eigenvalue weighted by molar-refractivity contribution is 0.0932. The number of carbonyl (C=O) groups is 1. The highest BCUT2D eigenvalue weighted by Gasteiger charge is 2.17. The van der Waals surface area contributed by atoms with Crippen LogP contribution >= 0.6 is 11.6 Å². The number of hydrogen-bond acceptors (Lipinski definition) is 4. The quantitative estimate of drug-likeness (QED) is 0.717. The average molecular weight is 376 g/mol. The third kappa shape index (κ3) is 3.50. The Morgan fingerprint density at radius 1 is 1.27 bits per heavy atom. The summed E-state index contributed by atoms with van der Waals surface area (Å²) in [5.41, 5.74) is 2.95. The van der Waals surface area contributed by atoms with Gasteiger partial charge in [0.1, 0.15) is 12.4 Å². The van der Waals surface area contributed by atoms with Crippen LogP contribution in [0, 0.1) is 13.8 Å². The van der Waals surface area contributed by atoms with Crippen molar-refractivity contribution in [2.75, 3.05) is 0 Å². The molecule has 1 N–H and O–H groups in total. The number of hydrogen-bond donors (Lipinski definition) is 1. The van der Waals surface area contributed by atoms with E-state index in [4.69, 9.17) is 11.6 Å². The normalized spacial score (nSPS) is 12.3. The molecule has 1 atom stereocenters. The van der Waals surface area contributed by atoms with Crippen LogP contribution in [0.25, 0.3) is 0 Å². The number of amides is 1. The van der Waals surface area contributed by atoms with Crippen molar-refractivity contribution >= 4 is 17.5 Å². The molecule has 138 valence electrons. The molecule has 0 aliphatic heterocycles. The minimum Gasteiger partial charge on any atom is -0.343 e. The van der Waals surface area contributed by atoms with E-state index in [2.05, 4.69) is 20.6 Å². The summed E-state index contributed by atoms with van der Waals surface area (Å²) in [6, 6.07) is 3.43. The summed E-state index contributed by atoms with van der Waals surface area (Å²) in [7, 11) is 0. The zero-order valence-electron chi connectivity index (χ0n) is 15.3. The minimum absolute atomic E-state index is 0.162. The molecule has 0 saturated carbocycles. The Labute approximate surface area is 156 Å². The molecule has 0 fully saturated rings. The molecule has 0 bridgehead atoms. The Balaban J connectivity index is 1.69. The van der Waals surface area contributed by atoms with Crippen LogP contribution in [-0.2, 0) is 13.2 Å². The Morgan fingerprint density at radius 2 is 2.04 bits per heavy atom. The first-order chi connectivity index (χ1) is 12.4. The van der Waals surface area contributed by atoms with Crippen molar-refractivity contribution in [3.63, 3.8) is 0 Å². The van der Waals surface area contributed by atoms with E-state index in [1.54, 1.807) is 27.8 Å². The summed E-state index contributed by atoms with van der Waals surface area (Å²) >= 11 is 6.17. The number of halogens is 1. The second kappa shape index (κ2) is 7.33. The number of rotatable bonds is 6. The Morgan fingerprint density at radius 3 is 2.69 bits per heavy atom. The van der Waals surface area contributed by atoms with Gasteiger partial charge in [-0.05, 0) is 39.8 Å². The fourth-order valence-electron chi connectivity index (χ4n) is 2.83. The maximum Gasteiger partial charge on any atom is 0.272 e. The molecule has 3 aromatic heterocycles. The fourth-order valence-corrected chi connectivity index (χ4v) is 2.97. The first-order valence-electron chi connectivity index (χ1n) is 8.46. The van der Waals surface area contributed by atoms with Gasteiger partial charge in [0.05, 0.1) is 28.1 Å². The summed E-state index contributed by atoms with van der Waals surface area (Å²) < 4.78 is 5.27. The third-order valence-electron chi connectivity index (χ3n) is 4.29. The predicted molar refractivity (Wildman–Crippen MR) is 98.1 cm³/mol. The van der Waals surface area contributed by atoms with E-state index in [0.29, 0.717) is 17.4 Å². The highest BCUT2D eigenvalue weighted by atomic mass is 35.5. The van der Waals surface area contributed by atoms with Crippen LogP contribution in [0.2, 0.25) is 5.02 Å². The molecule has 0 aliphatic rings. The van der Waals surface area contributed by atoms with E-state index in [1.807, 2.05) is 38.4 Å².